The minimum Gasteiger partial charge on any atom is -0.375 e. The number of halogens is 2. The molecule has 0 aromatic heterocycles. The van der Waals surface area contributed by atoms with Crippen molar-refractivity contribution in [1.29, 1.82) is 0 Å². The Morgan fingerprint density at radius 2 is 1.60 bits per heavy atom. The Bertz CT molecular complexity index is 567. The zero-order valence-corrected chi connectivity index (χ0v) is 12.4. The molecule has 106 valence electrons. The van der Waals surface area contributed by atoms with Crippen molar-refractivity contribution in [2.75, 3.05) is 19.0 Å². The van der Waals surface area contributed by atoms with Gasteiger partial charge in [-0.1, -0.05) is 29.8 Å². The zero-order chi connectivity index (χ0) is 14.5. The van der Waals surface area contributed by atoms with Gasteiger partial charge >= 0.3 is 0 Å². The van der Waals surface area contributed by atoms with Gasteiger partial charge in [-0.25, -0.2) is 4.39 Å². The van der Waals surface area contributed by atoms with Gasteiger partial charge in [-0.05, 0) is 35.4 Å². The van der Waals surface area contributed by atoms with E-state index in [4.69, 9.17) is 11.6 Å². The molecule has 0 atom stereocenters. The first-order valence-electron chi connectivity index (χ1n) is 6.47. The fourth-order valence-electron chi connectivity index (χ4n) is 1.96. The maximum atomic E-state index is 13.6. The van der Waals surface area contributed by atoms with Gasteiger partial charge in [0, 0.05) is 32.2 Å². The number of nitrogens with one attached hydrogen (secondary N) is 1. The molecule has 2 nitrogen and oxygen atoms in total. The molecule has 2 rings (SSSR count). The third-order valence-electron chi connectivity index (χ3n) is 3.06. The Morgan fingerprint density at radius 3 is 2.25 bits per heavy atom. The van der Waals surface area contributed by atoms with Crippen LogP contribution in [0.4, 0.5) is 10.1 Å². The monoisotopic (exact) mass is 292 g/mol. The van der Waals surface area contributed by atoms with E-state index in [1.807, 2.05) is 44.4 Å². The van der Waals surface area contributed by atoms with Crippen LogP contribution in [0.3, 0.4) is 0 Å². The van der Waals surface area contributed by atoms with E-state index in [2.05, 4.69) is 5.32 Å². The number of hydrogen-bond donors (Lipinski definition) is 1. The largest absolute Gasteiger partial charge is 0.375 e. The lowest BCUT2D eigenvalue weighted by Crippen LogP contribution is -2.15. The van der Waals surface area contributed by atoms with E-state index in [1.54, 1.807) is 11.0 Å². The molecule has 0 fully saturated rings. The van der Waals surface area contributed by atoms with Gasteiger partial charge in [-0.2, -0.15) is 0 Å². The SMILES string of the molecule is CN(C)c1cc(CNCc2ccc(Cl)cc2)ccc1F. The number of nitrogens with zero attached hydrogens (tertiary/aromatic N) is 1. The van der Waals surface area contributed by atoms with Crippen LogP contribution in [0.1, 0.15) is 11.1 Å². The quantitative estimate of drug-likeness (QED) is 0.901. The van der Waals surface area contributed by atoms with Crippen LogP contribution >= 0.6 is 11.6 Å². The number of anilines is 1. The van der Waals surface area contributed by atoms with Gasteiger partial charge in [0.05, 0.1) is 5.69 Å². The van der Waals surface area contributed by atoms with E-state index < -0.39 is 0 Å². The smallest absolute Gasteiger partial charge is 0.146 e. The van der Waals surface area contributed by atoms with E-state index in [0.29, 0.717) is 12.2 Å². The molecule has 0 heterocycles. The molecular weight excluding hydrogens is 275 g/mol. The first-order valence-corrected chi connectivity index (χ1v) is 6.85. The highest BCUT2D eigenvalue weighted by atomic mass is 35.5. The van der Waals surface area contributed by atoms with Crippen molar-refractivity contribution < 1.29 is 4.39 Å². The summed E-state index contributed by atoms with van der Waals surface area (Å²) in [7, 11) is 3.67. The van der Waals surface area contributed by atoms with Gasteiger partial charge in [-0.3, -0.25) is 0 Å². The van der Waals surface area contributed by atoms with E-state index in [-0.39, 0.29) is 5.82 Å². The second kappa shape index (κ2) is 6.73. The zero-order valence-electron chi connectivity index (χ0n) is 11.7. The Labute approximate surface area is 124 Å². The van der Waals surface area contributed by atoms with E-state index in [1.165, 1.54) is 11.6 Å². The highest BCUT2D eigenvalue weighted by Gasteiger charge is 2.05. The van der Waals surface area contributed by atoms with Crippen LogP contribution < -0.4 is 10.2 Å². The fraction of sp³-hybridized carbons (Fsp3) is 0.250. The minimum absolute atomic E-state index is 0.198. The summed E-state index contributed by atoms with van der Waals surface area (Å²) in [6.45, 7) is 1.45. The van der Waals surface area contributed by atoms with Gasteiger partial charge in [0.2, 0.25) is 0 Å². The number of benzene rings is 2. The fourth-order valence-corrected chi connectivity index (χ4v) is 2.09. The first-order chi connectivity index (χ1) is 9.56. The Hall–Kier alpha value is -1.58. The van der Waals surface area contributed by atoms with Crippen LogP contribution in [0.15, 0.2) is 42.5 Å². The summed E-state index contributed by atoms with van der Waals surface area (Å²) in [5.41, 5.74) is 2.84. The first kappa shape index (κ1) is 14.8. The van der Waals surface area contributed by atoms with Crippen LogP contribution in [0.5, 0.6) is 0 Å². The van der Waals surface area contributed by atoms with Gasteiger partial charge < -0.3 is 10.2 Å². The van der Waals surface area contributed by atoms with Crippen molar-refractivity contribution in [2.45, 2.75) is 13.1 Å². The summed E-state index contributed by atoms with van der Waals surface area (Å²) in [6.07, 6.45) is 0. The summed E-state index contributed by atoms with van der Waals surface area (Å²) in [5, 5.41) is 4.08. The molecule has 1 N–H and O–H groups in total. The van der Waals surface area contributed by atoms with E-state index >= 15 is 0 Å². The minimum atomic E-state index is -0.198. The molecule has 0 saturated carbocycles. The molecule has 0 aliphatic carbocycles. The normalized spacial score (nSPS) is 10.6. The molecule has 0 spiro atoms. The van der Waals surface area contributed by atoms with Gasteiger partial charge in [0.15, 0.2) is 0 Å². The maximum absolute atomic E-state index is 13.6. The van der Waals surface area contributed by atoms with Crippen molar-refractivity contribution in [3.05, 3.63) is 64.4 Å². The molecular formula is C16H18ClFN2. The predicted octanol–water partition coefficient (Wildman–Crippen LogP) is 3.83. The van der Waals surface area contributed by atoms with Crippen LogP contribution in [0.25, 0.3) is 0 Å². The average molecular weight is 293 g/mol. The van der Waals surface area contributed by atoms with Gasteiger partial charge in [-0.15, -0.1) is 0 Å². The molecule has 0 unspecified atom stereocenters. The van der Waals surface area contributed by atoms with Crippen LogP contribution in [-0.4, -0.2) is 14.1 Å². The average Bonchev–Trinajstić information content (AvgIpc) is 2.42. The highest BCUT2D eigenvalue weighted by molar-refractivity contribution is 6.30. The molecule has 2 aromatic carbocycles. The molecule has 2 aromatic rings. The van der Waals surface area contributed by atoms with Crippen molar-refractivity contribution in [2.24, 2.45) is 0 Å². The second-order valence-corrected chi connectivity index (χ2v) is 5.35. The lowest BCUT2D eigenvalue weighted by molar-refractivity contribution is 0.623. The van der Waals surface area contributed by atoms with Crippen molar-refractivity contribution >= 4 is 17.3 Å². The highest BCUT2D eigenvalue weighted by Crippen LogP contribution is 2.18. The lowest BCUT2D eigenvalue weighted by atomic mass is 10.1. The number of rotatable bonds is 5. The summed E-state index contributed by atoms with van der Waals surface area (Å²) in [6, 6.07) is 12.9. The maximum Gasteiger partial charge on any atom is 0.146 e. The third kappa shape index (κ3) is 3.95. The number of hydrogen-bond acceptors (Lipinski definition) is 2. The predicted molar refractivity (Wildman–Crippen MR) is 82.7 cm³/mol. The van der Waals surface area contributed by atoms with Crippen LogP contribution in [-0.2, 0) is 13.1 Å². The molecule has 0 aliphatic rings. The molecule has 0 saturated heterocycles. The molecule has 0 aliphatic heterocycles. The summed E-state index contributed by atoms with van der Waals surface area (Å²) in [5.74, 6) is -0.198. The van der Waals surface area contributed by atoms with Crippen molar-refractivity contribution in [3.8, 4) is 0 Å². The van der Waals surface area contributed by atoms with Gasteiger partial charge in [0.25, 0.3) is 0 Å². The molecule has 4 heteroatoms. The standard InChI is InChI=1S/C16H18ClFN2/c1-20(2)16-9-13(5-8-15(16)18)11-19-10-12-3-6-14(17)7-4-12/h3-9,19H,10-11H2,1-2H3. The van der Waals surface area contributed by atoms with Crippen LogP contribution in [0, 0.1) is 5.82 Å². The molecule has 20 heavy (non-hydrogen) atoms. The summed E-state index contributed by atoms with van der Waals surface area (Å²) >= 11 is 5.84. The van der Waals surface area contributed by atoms with Crippen molar-refractivity contribution in [1.82, 2.24) is 5.32 Å². The Morgan fingerprint density at radius 1 is 1.00 bits per heavy atom. The molecule has 0 bridgehead atoms. The van der Waals surface area contributed by atoms with E-state index in [0.717, 1.165) is 17.1 Å². The van der Waals surface area contributed by atoms with Crippen molar-refractivity contribution in [3.63, 3.8) is 0 Å². The summed E-state index contributed by atoms with van der Waals surface area (Å²) in [4.78, 5) is 1.78. The second-order valence-electron chi connectivity index (χ2n) is 4.91. The Kier molecular flexibility index (Phi) is 4.99. The Balaban J connectivity index is 1.94. The molecule has 0 radical (unpaired) electrons. The van der Waals surface area contributed by atoms with E-state index in [9.17, 15) is 4.39 Å². The van der Waals surface area contributed by atoms with Gasteiger partial charge in [0.1, 0.15) is 5.82 Å². The molecule has 0 amide bonds. The van der Waals surface area contributed by atoms with Crippen LogP contribution in [0.2, 0.25) is 5.02 Å². The lowest BCUT2D eigenvalue weighted by Gasteiger charge is -2.15. The summed E-state index contributed by atoms with van der Waals surface area (Å²) < 4.78 is 13.6. The third-order valence-corrected chi connectivity index (χ3v) is 3.32. The topological polar surface area (TPSA) is 15.3 Å².